The van der Waals surface area contributed by atoms with Crippen molar-refractivity contribution in [2.24, 2.45) is 0 Å². The summed E-state index contributed by atoms with van der Waals surface area (Å²) in [4.78, 5) is 7.82. The van der Waals surface area contributed by atoms with Gasteiger partial charge in [0.2, 0.25) is 0 Å². The summed E-state index contributed by atoms with van der Waals surface area (Å²) in [6.45, 7) is 5.84. The zero-order valence-electron chi connectivity index (χ0n) is 10.2. The Kier molecular flexibility index (Phi) is 5.09. The number of hydrogen-bond acceptors (Lipinski definition) is 5. The molecule has 0 radical (unpaired) electrons. The van der Waals surface area contributed by atoms with E-state index >= 15 is 0 Å². The summed E-state index contributed by atoms with van der Waals surface area (Å²) in [5.74, 6) is 0. The summed E-state index contributed by atoms with van der Waals surface area (Å²) in [5.41, 5.74) is 1.10. The van der Waals surface area contributed by atoms with Gasteiger partial charge in [0.25, 0.3) is 0 Å². The van der Waals surface area contributed by atoms with Gasteiger partial charge in [-0.25, -0.2) is 0 Å². The number of aromatic nitrogens is 1. The van der Waals surface area contributed by atoms with Crippen molar-refractivity contribution in [3.8, 4) is 0 Å². The van der Waals surface area contributed by atoms with Crippen molar-refractivity contribution >= 4 is 17.4 Å². The van der Waals surface area contributed by atoms with Crippen LogP contribution in [0, 0.1) is 0 Å². The largest absolute Gasteiger partial charge is 0.382 e. The van der Waals surface area contributed by atoms with E-state index < -0.39 is 0 Å². The minimum atomic E-state index is 0.865. The second-order valence-electron chi connectivity index (χ2n) is 3.99. The Morgan fingerprint density at radius 3 is 3.00 bits per heavy atom. The second-order valence-corrected chi connectivity index (χ2v) is 4.87. The van der Waals surface area contributed by atoms with Gasteiger partial charge in [-0.05, 0) is 12.3 Å². The topological polar surface area (TPSA) is 37.4 Å². The highest BCUT2D eigenvalue weighted by Crippen LogP contribution is 2.16. The van der Waals surface area contributed by atoms with Crippen molar-refractivity contribution in [2.75, 3.05) is 51.0 Å². The van der Waals surface area contributed by atoms with Crippen LogP contribution in [0.15, 0.2) is 23.4 Å². The van der Waals surface area contributed by atoms with Crippen LogP contribution in [0.5, 0.6) is 0 Å². The molecule has 0 spiro atoms. The minimum absolute atomic E-state index is 0.865. The summed E-state index contributed by atoms with van der Waals surface area (Å²) in [7, 11) is 0. The highest BCUT2D eigenvalue weighted by atomic mass is 32.2. The van der Waals surface area contributed by atoms with Crippen molar-refractivity contribution in [3.05, 3.63) is 18.5 Å². The smallest absolute Gasteiger partial charge is 0.0594 e. The average Bonchev–Trinajstić information content (AvgIpc) is 2.40. The van der Waals surface area contributed by atoms with Gasteiger partial charge in [-0.3, -0.25) is 9.88 Å². The normalized spacial score (nSPS) is 17.0. The van der Waals surface area contributed by atoms with E-state index in [4.69, 9.17) is 4.74 Å². The van der Waals surface area contributed by atoms with E-state index in [9.17, 15) is 0 Å². The molecule has 0 saturated carbocycles. The lowest BCUT2D eigenvalue weighted by Gasteiger charge is -2.26. The van der Waals surface area contributed by atoms with E-state index in [2.05, 4.69) is 27.5 Å². The molecule has 1 aliphatic rings. The molecule has 0 atom stereocenters. The van der Waals surface area contributed by atoms with E-state index in [0.717, 1.165) is 45.1 Å². The lowest BCUT2D eigenvalue weighted by Crippen LogP contribution is -2.39. The third-order valence-electron chi connectivity index (χ3n) is 2.81. The molecule has 4 nitrogen and oxygen atoms in total. The van der Waals surface area contributed by atoms with Gasteiger partial charge in [-0.1, -0.05) is 0 Å². The van der Waals surface area contributed by atoms with E-state index in [1.807, 2.05) is 12.4 Å². The number of nitrogens with one attached hydrogen (secondary N) is 1. The van der Waals surface area contributed by atoms with Crippen LogP contribution in [-0.4, -0.2) is 55.5 Å². The number of pyridine rings is 1. The molecule has 0 aromatic carbocycles. The Balaban J connectivity index is 1.73. The van der Waals surface area contributed by atoms with Crippen molar-refractivity contribution in [3.63, 3.8) is 0 Å². The standard InChI is InChI=1S/C12H19N3OS/c1-17-12-8-11(9-13-10-12)14-2-3-15-4-6-16-7-5-15/h8-10,14H,2-7H2,1H3. The van der Waals surface area contributed by atoms with E-state index in [0.29, 0.717) is 0 Å². The van der Waals surface area contributed by atoms with Gasteiger partial charge >= 0.3 is 0 Å². The Morgan fingerprint density at radius 1 is 1.41 bits per heavy atom. The van der Waals surface area contributed by atoms with Crippen molar-refractivity contribution in [1.82, 2.24) is 9.88 Å². The molecule has 1 aromatic heterocycles. The van der Waals surface area contributed by atoms with Crippen molar-refractivity contribution in [1.29, 1.82) is 0 Å². The van der Waals surface area contributed by atoms with Gasteiger partial charge in [0, 0.05) is 37.3 Å². The van der Waals surface area contributed by atoms with Crippen LogP contribution in [-0.2, 0) is 4.74 Å². The van der Waals surface area contributed by atoms with Crippen LogP contribution in [0.4, 0.5) is 5.69 Å². The average molecular weight is 253 g/mol. The molecule has 1 aromatic rings. The monoisotopic (exact) mass is 253 g/mol. The predicted octanol–water partition coefficient (Wildman–Crippen LogP) is 1.55. The van der Waals surface area contributed by atoms with Crippen molar-refractivity contribution < 1.29 is 4.74 Å². The number of anilines is 1. The van der Waals surface area contributed by atoms with Gasteiger partial charge < -0.3 is 10.1 Å². The fraction of sp³-hybridized carbons (Fsp3) is 0.583. The van der Waals surface area contributed by atoms with E-state index in [1.54, 1.807) is 11.8 Å². The number of thioether (sulfide) groups is 1. The molecule has 1 aliphatic heterocycles. The third kappa shape index (κ3) is 4.18. The van der Waals surface area contributed by atoms with Crippen LogP contribution >= 0.6 is 11.8 Å². The molecule has 1 saturated heterocycles. The molecular formula is C12H19N3OS. The number of nitrogens with zero attached hydrogens (tertiary/aromatic N) is 2. The SMILES string of the molecule is CSc1cncc(NCCN2CCOCC2)c1. The lowest BCUT2D eigenvalue weighted by molar-refractivity contribution is 0.0398. The predicted molar refractivity (Wildman–Crippen MR) is 71.8 cm³/mol. The molecule has 94 valence electrons. The lowest BCUT2D eigenvalue weighted by atomic mass is 10.4. The highest BCUT2D eigenvalue weighted by molar-refractivity contribution is 7.98. The molecule has 1 N–H and O–H groups in total. The first-order valence-electron chi connectivity index (χ1n) is 5.91. The van der Waals surface area contributed by atoms with Gasteiger partial charge in [-0.2, -0.15) is 0 Å². The van der Waals surface area contributed by atoms with E-state index in [1.165, 1.54) is 4.90 Å². The van der Waals surface area contributed by atoms with Gasteiger partial charge in [0.05, 0.1) is 25.1 Å². The Bertz CT molecular complexity index is 342. The molecule has 2 heterocycles. The highest BCUT2D eigenvalue weighted by Gasteiger charge is 2.09. The molecule has 0 unspecified atom stereocenters. The van der Waals surface area contributed by atoms with Crippen molar-refractivity contribution in [2.45, 2.75) is 4.90 Å². The Morgan fingerprint density at radius 2 is 2.24 bits per heavy atom. The quantitative estimate of drug-likeness (QED) is 0.806. The minimum Gasteiger partial charge on any atom is -0.382 e. The molecular weight excluding hydrogens is 234 g/mol. The molecule has 2 rings (SSSR count). The maximum Gasteiger partial charge on any atom is 0.0594 e. The molecule has 1 fully saturated rings. The van der Waals surface area contributed by atoms with Crippen LogP contribution in [0.25, 0.3) is 0 Å². The molecule has 0 bridgehead atoms. The summed E-state index contributed by atoms with van der Waals surface area (Å²) < 4.78 is 5.32. The number of ether oxygens (including phenoxy) is 1. The van der Waals surface area contributed by atoms with Crippen LogP contribution in [0.3, 0.4) is 0 Å². The molecule has 0 amide bonds. The summed E-state index contributed by atoms with van der Waals surface area (Å²) in [6, 6.07) is 2.14. The molecule has 17 heavy (non-hydrogen) atoms. The zero-order valence-corrected chi connectivity index (χ0v) is 11.0. The first kappa shape index (κ1) is 12.7. The number of rotatable bonds is 5. The van der Waals surface area contributed by atoms with Crippen LogP contribution in [0.1, 0.15) is 0 Å². The van der Waals surface area contributed by atoms with Crippen LogP contribution in [0.2, 0.25) is 0 Å². The van der Waals surface area contributed by atoms with Gasteiger partial charge in [-0.15, -0.1) is 11.8 Å². The summed E-state index contributed by atoms with van der Waals surface area (Å²) in [5, 5.41) is 3.41. The summed E-state index contributed by atoms with van der Waals surface area (Å²) >= 11 is 1.72. The Hall–Kier alpha value is -0.780. The Labute approximate surface area is 107 Å². The zero-order chi connectivity index (χ0) is 11.9. The first-order chi connectivity index (χ1) is 8.38. The fourth-order valence-electron chi connectivity index (χ4n) is 1.81. The maximum absolute atomic E-state index is 5.32. The third-order valence-corrected chi connectivity index (χ3v) is 3.50. The van der Waals surface area contributed by atoms with Gasteiger partial charge in [0.1, 0.15) is 0 Å². The number of hydrogen-bond donors (Lipinski definition) is 1. The number of morpholine rings is 1. The van der Waals surface area contributed by atoms with Crippen LogP contribution < -0.4 is 5.32 Å². The first-order valence-corrected chi connectivity index (χ1v) is 7.14. The summed E-state index contributed by atoms with van der Waals surface area (Å²) in [6.07, 6.45) is 5.82. The molecule has 5 heteroatoms. The van der Waals surface area contributed by atoms with Gasteiger partial charge in [0.15, 0.2) is 0 Å². The van der Waals surface area contributed by atoms with E-state index in [-0.39, 0.29) is 0 Å². The fourth-order valence-corrected chi connectivity index (χ4v) is 2.22. The molecule has 0 aliphatic carbocycles. The second kappa shape index (κ2) is 6.83. The maximum atomic E-state index is 5.32.